The number of H-pyrrole nitrogens is 1. The summed E-state index contributed by atoms with van der Waals surface area (Å²) in [5.74, 6) is 1.64. The Morgan fingerprint density at radius 2 is 2.03 bits per heavy atom. The summed E-state index contributed by atoms with van der Waals surface area (Å²) in [6.07, 6.45) is 7.65. The molecular formula is C20H29N7O2. The number of nitrogens with one attached hydrogen (secondary N) is 2. The van der Waals surface area contributed by atoms with Crippen LogP contribution in [0.2, 0.25) is 0 Å². The zero-order chi connectivity index (χ0) is 20.0. The zero-order valence-corrected chi connectivity index (χ0v) is 16.9. The molecule has 156 valence electrons. The first-order valence-corrected chi connectivity index (χ1v) is 10.7. The normalized spacial score (nSPS) is 30.5. The number of aliphatic hydroxyl groups is 1. The molecule has 2 aliphatic heterocycles. The molecule has 9 nitrogen and oxygen atoms in total. The van der Waals surface area contributed by atoms with Crippen LogP contribution in [0.25, 0.3) is 11.2 Å². The minimum Gasteiger partial charge on any atom is -0.393 e. The van der Waals surface area contributed by atoms with Gasteiger partial charge in [0.15, 0.2) is 11.5 Å². The first-order valence-electron chi connectivity index (χ1n) is 10.7. The lowest BCUT2D eigenvalue weighted by molar-refractivity contribution is -0.139. The van der Waals surface area contributed by atoms with E-state index in [1.165, 1.54) is 0 Å². The van der Waals surface area contributed by atoms with Gasteiger partial charge in [0.1, 0.15) is 5.52 Å². The standard InChI is InChI=1S/C20H29N7O2/c1-21-16-15-17(23-12-22-15)25-19(24-16)26-9-2-7-20(11-26)8-10-27(18(20)29)13-3-5-14(28)6-4-13/h12-14,28H,2-11H2,1H3,(H2,21,22,23,24,25)/t13?,14?,20-/m0/s1. The van der Waals surface area contributed by atoms with Crippen LogP contribution in [-0.2, 0) is 4.79 Å². The number of fused-ring (bicyclic) bond motifs is 1. The molecule has 1 aliphatic carbocycles. The molecular weight excluding hydrogens is 370 g/mol. The average molecular weight is 399 g/mol. The molecule has 1 atom stereocenters. The minimum absolute atomic E-state index is 0.195. The van der Waals surface area contributed by atoms with Gasteiger partial charge in [-0.1, -0.05) is 0 Å². The second-order valence-corrected chi connectivity index (χ2v) is 8.74. The highest BCUT2D eigenvalue weighted by Gasteiger charge is 2.51. The SMILES string of the molecule is CNc1nc(N2CCC[C@]3(CCN(C4CCC(O)CC4)C3=O)C2)nc2[nH]cnc12. The van der Waals surface area contributed by atoms with E-state index in [1.54, 1.807) is 6.33 Å². The van der Waals surface area contributed by atoms with Crippen molar-refractivity contribution in [1.82, 2.24) is 24.8 Å². The quantitative estimate of drug-likeness (QED) is 0.718. The van der Waals surface area contributed by atoms with Crippen molar-refractivity contribution >= 4 is 28.8 Å². The molecule has 29 heavy (non-hydrogen) atoms. The molecule has 2 saturated heterocycles. The van der Waals surface area contributed by atoms with Crippen molar-refractivity contribution in [2.75, 3.05) is 36.9 Å². The molecule has 0 aromatic carbocycles. The number of likely N-dealkylation sites (tertiary alicyclic amines) is 1. The van der Waals surface area contributed by atoms with Crippen LogP contribution >= 0.6 is 0 Å². The van der Waals surface area contributed by atoms with Crippen LogP contribution in [0.3, 0.4) is 0 Å². The molecule has 9 heteroatoms. The van der Waals surface area contributed by atoms with Crippen molar-refractivity contribution in [3.63, 3.8) is 0 Å². The van der Waals surface area contributed by atoms with Gasteiger partial charge in [0.2, 0.25) is 11.9 Å². The number of carbonyl (C=O) groups is 1. The Balaban J connectivity index is 1.37. The van der Waals surface area contributed by atoms with Crippen molar-refractivity contribution in [3.8, 4) is 0 Å². The largest absolute Gasteiger partial charge is 0.393 e. The van der Waals surface area contributed by atoms with E-state index in [4.69, 9.17) is 0 Å². The summed E-state index contributed by atoms with van der Waals surface area (Å²) in [5, 5.41) is 12.9. The Hall–Kier alpha value is -2.42. The number of rotatable bonds is 3. The van der Waals surface area contributed by atoms with Gasteiger partial charge in [-0.05, 0) is 44.9 Å². The summed E-state index contributed by atoms with van der Waals surface area (Å²) in [5.41, 5.74) is 1.10. The molecule has 3 fully saturated rings. The van der Waals surface area contributed by atoms with E-state index in [-0.39, 0.29) is 17.6 Å². The second kappa shape index (κ2) is 7.12. The topological polar surface area (TPSA) is 110 Å². The van der Waals surface area contributed by atoms with Crippen LogP contribution in [-0.4, -0.2) is 74.7 Å². The van der Waals surface area contributed by atoms with Crippen molar-refractivity contribution in [2.45, 2.75) is 57.1 Å². The molecule has 3 aliphatic rings. The number of amides is 1. The number of hydrogen-bond acceptors (Lipinski definition) is 7. The highest BCUT2D eigenvalue weighted by atomic mass is 16.3. The third-order valence-electron chi connectivity index (χ3n) is 7.02. The van der Waals surface area contributed by atoms with Crippen LogP contribution in [0.1, 0.15) is 44.9 Å². The molecule has 3 N–H and O–H groups in total. The molecule has 0 radical (unpaired) electrons. The number of aliphatic hydroxyl groups excluding tert-OH is 1. The lowest BCUT2D eigenvalue weighted by atomic mass is 9.78. The molecule has 4 heterocycles. The van der Waals surface area contributed by atoms with E-state index in [9.17, 15) is 9.90 Å². The number of piperidine rings is 1. The Morgan fingerprint density at radius 1 is 1.21 bits per heavy atom. The van der Waals surface area contributed by atoms with E-state index in [1.807, 2.05) is 7.05 Å². The summed E-state index contributed by atoms with van der Waals surface area (Å²) < 4.78 is 0. The summed E-state index contributed by atoms with van der Waals surface area (Å²) in [6, 6.07) is 0.286. The summed E-state index contributed by atoms with van der Waals surface area (Å²) in [7, 11) is 1.83. The van der Waals surface area contributed by atoms with Crippen molar-refractivity contribution in [1.29, 1.82) is 0 Å². The Kier molecular flexibility index (Phi) is 4.57. The van der Waals surface area contributed by atoms with Gasteiger partial charge in [0.25, 0.3) is 0 Å². The van der Waals surface area contributed by atoms with Gasteiger partial charge in [-0.3, -0.25) is 4.79 Å². The number of carbonyl (C=O) groups excluding carboxylic acids is 1. The van der Waals surface area contributed by atoms with Gasteiger partial charge in [-0.15, -0.1) is 0 Å². The summed E-state index contributed by atoms with van der Waals surface area (Å²) in [6.45, 7) is 2.35. The molecule has 0 unspecified atom stereocenters. The fourth-order valence-electron chi connectivity index (χ4n) is 5.39. The third-order valence-corrected chi connectivity index (χ3v) is 7.02. The molecule has 1 spiro atoms. The van der Waals surface area contributed by atoms with Crippen LogP contribution in [0.15, 0.2) is 6.33 Å². The van der Waals surface area contributed by atoms with Gasteiger partial charge in [0.05, 0.1) is 17.8 Å². The van der Waals surface area contributed by atoms with Crippen molar-refractivity contribution < 1.29 is 9.90 Å². The maximum absolute atomic E-state index is 13.5. The van der Waals surface area contributed by atoms with Gasteiger partial charge in [-0.25, -0.2) is 4.98 Å². The minimum atomic E-state index is -0.333. The van der Waals surface area contributed by atoms with E-state index in [0.717, 1.165) is 63.6 Å². The van der Waals surface area contributed by atoms with Crippen molar-refractivity contribution in [2.24, 2.45) is 5.41 Å². The van der Waals surface area contributed by atoms with Gasteiger partial charge in [-0.2, -0.15) is 9.97 Å². The first-order chi connectivity index (χ1) is 14.1. The molecule has 1 saturated carbocycles. The van der Waals surface area contributed by atoms with Gasteiger partial charge < -0.3 is 25.2 Å². The highest BCUT2D eigenvalue weighted by Crippen LogP contribution is 2.43. The number of hydrogen-bond donors (Lipinski definition) is 3. The highest BCUT2D eigenvalue weighted by molar-refractivity contribution is 5.87. The fraction of sp³-hybridized carbons (Fsp3) is 0.700. The second-order valence-electron chi connectivity index (χ2n) is 8.74. The van der Waals surface area contributed by atoms with Crippen LogP contribution in [0.5, 0.6) is 0 Å². The van der Waals surface area contributed by atoms with Crippen LogP contribution < -0.4 is 10.2 Å². The number of aromatic amines is 1. The smallest absolute Gasteiger partial charge is 0.230 e. The number of anilines is 2. The van der Waals surface area contributed by atoms with Gasteiger partial charge in [0, 0.05) is 32.7 Å². The first kappa shape index (κ1) is 18.6. The predicted octanol–water partition coefficient (Wildman–Crippen LogP) is 1.52. The molecule has 1 amide bonds. The Morgan fingerprint density at radius 3 is 2.83 bits per heavy atom. The number of imidazole rings is 1. The van der Waals surface area contributed by atoms with E-state index < -0.39 is 0 Å². The number of aromatic nitrogens is 4. The van der Waals surface area contributed by atoms with Gasteiger partial charge >= 0.3 is 0 Å². The molecule has 2 aromatic rings. The molecule has 5 rings (SSSR count). The maximum Gasteiger partial charge on any atom is 0.230 e. The monoisotopic (exact) mass is 399 g/mol. The fourth-order valence-corrected chi connectivity index (χ4v) is 5.39. The van der Waals surface area contributed by atoms with Crippen LogP contribution in [0.4, 0.5) is 11.8 Å². The van der Waals surface area contributed by atoms with Crippen LogP contribution in [0, 0.1) is 5.41 Å². The number of nitrogens with zero attached hydrogens (tertiary/aromatic N) is 5. The molecule has 0 bridgehead atoms. The Bertz CT molecular complexity index is 907. The zero-order valence-electron chi connectivity index (χ0n) is 16.9. The summed E-state index contributed by atoms with van der Waals surface area (Å²) in [4.78, 5) is 34.5. The lowest BCUT2D eigenvalue weighted by Gasteiger charge is -2.40. The Labute approximate surface area is 169 Å². The lowest BCUT2D eigenvalue weighted by Crippen LogP contribution is -2.50. The third kappa shape index (κ3) is 3.11. The summed E-state index contributed by atoms with van der Waals surface area (Å²) >= 11 is 0. The van der Waals surface area contributed by atoms with E-state index in [0.29, 0.717) is 29.9 Å². The molecule has 2 aromatic heterocycles. The van der Waals surface area contributed by atoms with E-state index >= 15 is 0 Å². The predicted molar refractivity (Wildman–Crippen MR) is 110 cm³/mol. The average Bonchev–Trinajstić information content (AvgIpc) is 3.34. The van der Waals surface area contributed by atoms with E-state index in [2.05, 4.69) is 35.1 Å². The van der Waals surface area contributed by atoms with Crippen molar-refractivity contribution in [3.05, 3.63) is 6.33 Å². The maximum atomic E-state index is 13.5.